The van der Waals surface area contributed by atoms with Gasteiger partial charge in [-0.2, -0.15) is 0 Å². The molecule has 1 saturated heterocycles. The summed E-state index contributed by atoms with van der Waals surface area (Å²) in [5.74, 6) is -0.700. The zero-order valence-corrected chi connectivity index (χ0v) is 19.5. The molecule has 10 heteroatoms. The summed E-state index contributed by atoms with van der Waals surface area (Å²) >= 11 is 9.51. The number of imide groups is 2. The van der Waals surface area contributed by atoms with Gasteiger partial charge < -0.3 is 14.2 Å². The second kappa shape index (κ2) is 9.88. The highest BCUT2D eigenvalue weighted by Crippen LogP contribution is 2.39. The average molecular weight is 522 g/mol. The molecule has 0 atom stereocenters. The Labute approximate surface area is 197 Å². The fourth-order valence-corrected chi connectivity index (χ4v) is 3.68. The number of urea groups is 1. The van der Waals surface area contributed by atoms with Gasteiger partial charge >= 0.3 is 6.03 Å². The van der Waals surface area contributed by atoms with Crippen molar-refractivity contribution >= 4 is 57.1 Å². The third-order valence-corrected chi connectivity index (χ3v) is 5.33. The van der Waals surface area contributed by atoms with Gasteiger partial charge in [-0.15, -0.1) is 0 Å². The van der Waals surface area contributed by atoms with E-state index in [1.54, 1.807) is 24.3 Å². The lowest BCUT2D eigenvalue weighted by atomic mass is 10.1. The van der Waals surface area contributed by atoms with Crippen LogP contribution in [0.2, 0.25) is 5.02 Å². The van der Waals surface area contributed by atoms with Crippen molar-refractivity contribution in [3.63, 3.8) is 0 Å². The smallest absolute Gasteiger partial charge is 0.336 e. The first-order chi connectivity index (χ1) is 15.3. The molecule has 0 bridgehead atoms. The molecule has 1 fully saturated rings. The molecule has 2 aromatic rings. The van der Waals surface area contributed by atoms with Crippen molar-refractivity contribution in [3.8, 4) is 17.2 Å². The number of amides is 4. The Hall–Kier alpha value is -3.30. The molecular formula is C22H18BrClN2O6. The van der Waals surface area contributed by atoms with Crippen LogP contribution in [0.5, 0.6) is 17.2 Å². The van der Waals surface area contributed by atoms with E-state index in [9.17, 15) is 14.4 Å². The molecule has 0 radical (unpaired) electrons. The summed E-state index contributed by atoms with van der Waals surface area (Å²) in [4.78, 5) is 39.0. The Kier molecular flexibility index (Phi) is 7.22. The van der Waals surface area contributed by atoms with E-state index >= 15 is 0 Å². The molecule has 32 heavy (non-hydrogen) atoms. The zero-order valence-electron chi connectivity index (χ0n) is 17.1. The summed E-state index contributed by atoms with van der Waals surface area (Å²) in [7, 11) is 2.76. The molecule has 0 aromatic heterocycles. The summed E-state index contributed by atoms with van der Waals surface area (Å²) in [5.41, 5.74) is 0.368. The van der Waals surface area contributed by atoms with Gasteiger partial charge in [-0.3, -0.25) is 14.9 Å². The van der Waals surface area contributed by atoms with Crippen molar-refractivity contribution < 1.29 is 28.6 Å². The average Bonchev–Trinajstić information content (AvgIpc) is 2.76. The van der Waals surface area contributed by atoms with Crippen LogP contribution < -0.4 is 24.4 Å². The summed E-state index contributed by atoms with van der Waals surface area (Å²) in [5, 5.41) is 2.40. The van der Waals surface area contributed by atoms with Crippen LogP contribution in [0.1, 0.15) is 5.56 Å². The molecule has 8 nitrogen and oxygen atoms in total. The number of anilines is 1. The Morgan fingerprint density at radius 1 is 1.09 bits per heavy atom. The van der Waals surface area contributed by atoms with Crippen molar-refractivity contribution in [2.45, 2.75) is 0 Å². The number of barbiturate groups is 1. The fourth-order valence-electron chi connectivity index (χ4n) is 2.93. The number of carbonyl (C=O) groups excluding carboxylic acids is 3. The van der Waals surface area contributed by atoms with Gasteiger partial charge in [0.15, 0.2) is 0 Å². The van der Waals surface area contributed by atoms with E-state index in [-0.39, 0.29) is 27.8 Å². The van der Waals surface area contributed by atoms with E-state index in [2.05, 4.69) is 27.8 Å². The van der Waals surface area contributed by atoms with Crippen LogP contribution in [0.25, 0.3) is 6.08 Å². The highest BCUT2D eigenvalue weighted by Gasteiger charge is 2.38. The van der Waals surface area contributed by atoms with Crippen LogP contribution in [-0.2, 0) is 9.59 Å². The van der Waals surface area contributed by atoms with Gasteiger partial charge in [0.25, 0.3) is 11.8 Å². The van der Waals surface area contributed by atoms with Crippen LogP contribution in [0, 0.1) is 0 Å². The molecule has 1 aliphatic heterocycles. The van der Waals surface area contributed by atoms with E-state index in [4.69, 9.17) is 25.8 Å². The van der Waals surface area contributed by atoms with E-state index in [0.717, 1.165) is 4.90 Å². The third kappa shape index (κ3) is 4.63. The van der Waals surface area contributed by atoms with Crippen LogP contribution in [0.15, 0.2) is 53.0 Å². The Balaban J connectivity index is 2.03. The van der Waals surface area contributed by atoms with Gasteiger partial charge in [0.2, 0.25) is 0 Å². The van der Waals surface area contributed by atoms with Gasteiger partial charge in [-0.25, -0.2) is 9.69 Å². The lowest BCUT2D eigenvalue weighted by Crippen LogP contribution is -2.54. The summed E-state index contributed by atoms with van der Waals surface area (Å²) in [6.45, 7) is 3.92. The first kappa shape index (κ1) is 23.4. The number of hydrogen-bond acceptors (Lipinski definition) is 6. The molecular weight excluding hydrogens is 504 g/mol. The minimum atomic E-state index is -0.922. The summed E-state index contributed by atoms with van der Waals surface area (Å²) < 4.78 is 16.6. The molecule has 2 aromatic carbocycles. The van der Waals surface area contributed by atoms with E-state index in [1.807, 2.05) is 0 Å². The van der Waals surface area contributed by atoms with Gasteiger partial charge in [0.1, 0.15) is 29.4 Å². The Morgan fingerprint density at radius 3 is 2.44 bits per heavy atom. The predicted octanol–water partition coefficient (Wildman–Crippen LogP) is 4.35. The minimum absolute atomic E-state index is 0.0732. The number of methoxy groups -OCH3 is 2. The third-order valence-electron chi connectivity index (χ3n) is 4.42. The van der Waals surface area contributed by atoms with E-state index < -0.39 is 17.8 Å². The number of carbonyl (C=O) groups is 3. The van der Waals surface area contributed by atoms with Gasteiger partial charge in [-0.1, -0.05) is 30.3 Å². The second-order valence-corrected chi connectivity index (χ2v) is 7.67. The largest absolute Gasteiger partial charge is 0.495 e. The van der Waals surface area contributed by atoms with Gasteiger partial charge in [-0.05, 0) is 39.7 Å². The summed E-state index contributed by atoms with van der Waals surface area (Å²) in [6, 6.07) is 6.90. The van der Waals surface area contributed by atoms with Gasteiger partial charge in [0, 0.05) is 12.1 Å². The van der Waals surface area contributed by atoms with Crippen molar-refractivity contribution in [3.05, 3.63) is 63.6 Å². The monoisotopic (exact) mass is 520 g/mol. The Morgan fingerprint density at radius 2 is 1.81 bits per heavy atom. The molecule has 0 aliphatic carbocycles. The maximum Gasteiger partial charge on any atom is 0.336 e. The maximum absolute atomic E-state index is 13.2. The standard InChI is InChI=1S/C22H18BrClN2O6/c1-4-7-32-17-6-5-12(9-14(17)23)8-13-20(27)25-22(29)26(21(13)28)16-11-18(30-2)15(24)10-19(16)31-3/h4-6,8-11H,1,7H2,2-3H3,(H,25,27,29)/b13-8+. The first-order valence-corrected chi connectivity index (χ1v) is 10.3. The lowest BCUT2D eigenvalue weighted by molar-refractivity contribution is -0.122. The number of hydrogen-bond donors (Lipinski definition) is 1. The number of benzene rings is 2. The second-order valence-electron chi connectivity index (χ2n) is 6.41. The topological polar surface area (TPSA) is 94.2 Å². The van der Waals surface area contributed by atoms with Crippen molar-refractivity contribution in [1.82, 2.24) is 5.32 Å². The van der Waals surface area contributed by atoms with Crippen LogP contribution in [0.3, 0.4) is 0 Å². The molecule has 0 spiro atoms. The number of halogens is 2. The minimum Gasteiger partial charge on any atom is -0.495 e. The maximum atomic E-state index is 13.2. The molecule has 166 valence electrons. The molecule has 4 amide bonds. The van der Waals surface area contributed by atoms with Crippen LogP contribution in [0.4, 0.5) is 10.5 Å². The van der Waals surface area contributed by atoms with E-state index in [1.165, 1.54) is 32.4 Å². The Bertz CT molecular complexity index is 1150. The number of nitrogens with one attached hydrogen (secondary N) is 1. The van der Waals surface area contributed by atoms with E-state index in [0.29, 0.717) is 22.4 Å². The van der Waals surface area contributed by atoms with Crippen molar-refractivity contribution in [1.29, 1.82) is 0 Å². The summed E-state index contributed by atoms with van der Waals surface area (Å²) in [6.07, 6.45) is 2.98. The first-order valence-electron chi connectivity index (χ1n) is 9.17. The quantitative estimate of drug-likeness (QED) is 0.331. The van der Waals surface area contributed by atoms with Gasteiger partial charge in [0.05, 0.1) is 29.4 Å². The molecule has 1 heterocycles. The van der Waals surface area contributed by atoms with Crippen molar-refractivity contribution in [2.24, 2.45) is 0 Å². The zero-order chi connectivity index (χ0) is 23.4. The normalized spacial score (nSPS) is 14.9. The number of ether oxygens (including phenoxy) is 3. The predicted molar refractivity (Wildman–Crippen MR) is 123 cm³/mol. The fraction of sp³-hybridized carbons (Fsp3) is 0.136. The number of nitrogens with zero attached hydrogens (tertiary/aromatic N) is 1. The molecule has 1 aliphatic rings. The molecule has 3 rings (SSSR count). The van der Waals surface area contributed by atoms with Crippen LogP contribution in [-0.4, -0.2) is 38.7 Å². The van der Waals surface area contributed by atoms with Crippen molar-refractivity contribution in [2.75, 3.05) is 25.7 Å². The molecule has 0 unspecified atom stereocenters. The molecule has 1 N–H and O–H groups in total. The SMILES string of the molecule is C=CCOc1ccc(/C=C2\C(=O)NC(=O)N(c3cc(OC)c(Cl)cc3OC)C2=O)cc1Br. The highest BCUT2D eigenvalue weighted by atomic mass is 79.9. The van der Waals surface area contributed by atoms with Crippen LogP contribution >= 0.6 is 27.5 Å². The molecule has 0 saturated carbocycles. The lowest BCUT2D eigenvalue weighted by Gasteiger charge is -2.28. The number of rotatable bonds is 7. The highest BCUT2D eigenvalue weighted by molar-refractivity contribution is 9.10.